The molecule has 7 N–H and O–H groups in total. The Kier molecular flexibility index (Phi) is 6.34. The molecule has 0 amide bonds. The van der Waals surface area contributed by atoms with Crippen molar-refractivity contribution < 1.29 is 45.2 Å². The van der Waals surface area contributed by atoms with Crippen LogP contribution in [-0.4, -0.2) is 104 Å². The molecule has 9 heteroatoms. The maximum atomic E-state index is 10.2. The van der Waals surface area contributed by atoms with Crippen LogP contribution in [0.5, 0.6) is 0 Å². The first-order chi connectivity index (χ1) is 10.8. The zero-order chi connectivity index (χ0) is 17.3. The fourth-order valence-corrected chi connectivity index (χ4v) is 3.24. The molecule has 0 unspecified atom stereocenters. The van der Waals surface area contributed by atoms with E-state index in [4.69, 9.17) is 9.47 Å². The molecule has 1 heterocycles. The van der Waals surface area contributed by atoms with Gasteiger partial charge in [0.25, 0.3) is 0 Å². The molecule has 136 valence electrons. The number of hydrogen-bond donors (Lipinski definition) is 7. The largest absolute Gasteiger partial charge is 0.396 e. The lowest BCUT2D eigenvalue weighted by molar-refractivity contribution is -0.270. The van der Waals surface area contributed by atoms with Gasteiger partial charge in [0.05, 0.1) is 24.9 Å². The molecule has 1 saturated carbocycles. The molecular weight excluding hydrogens is 312 g/mol. The number of hydrogen-bond acceptors (Lipinski definition) is 9. The number of aliphatic hydroxyl groups is 7. The van der Waals surface area contributed by atoms with Gasteiger partial charge >= 0.3 is 0 Å². The summed E-state index contributed by atoms with van der Waals surface area (Å²) in [4.78, 5) is 0. The van der Waals surface area contributed by atoms with E-state index in [9.17, 15) is 35.7 Å². The van der Waals surface area contributed by atoms with Crippen LogP contribution < -0.4 is 0 Å². The van der Waals surface area contributed by atoms with Crippen LogP contribution in [0.3, 0.4) is 0 Å². The lowest BCUT2D eigenvalue weighted by atomic mass is 9.81. The van der Waals surface area contributed by atoms with E-state index in [2.05, 4.69) is 0 Å². The average molecular weight is 338 g/mol. The highest BCUT2D eigenvalue weighted by molar-refractivity contribution is 4.97. The fourth-order valence-electron chi connectivity index (χ4n) is 3.24. The van der Waals surface area contributed by atoms with Crippen molar-refractivity contribution in [3.05, 3.63) is 0 Å². The van der Waals surface area contributed by atoms with Gasteiger partial charge in [-0.1, -0.05) is 0 Å². The van der Waals surface area contributed by atoms with E-state index in [-0.39, 0.29) is 6.42 Å². The third kappa shape index (κ3) is 3.68. The van der Waals surface area contributed by atoms with E-state index in [1.54, 1.807) is 6.92 Å². The van der Waals surface area contributed by atoms with Crippen molar-refractivity contribution >= 4 is 0 Å². The lowest BCUT2D eigenvalue weighted by Crippen LogP contribution is -2.62. The van der Waals surface area contributed by atoms with Gasteiger partial charge in [-0.15, -0.1) is 0 Å². The van der Waals surface area contributed by atoms with Gasteiger partial charge in [-0.25, -0.2) is 0 Å². The number of rotatable bonds is 4. The Bertz CT molecular complexity index is 377. The second kappa shape index (κ2) is 7.68. The van der Waals surface area contributed by atoms with Crippen LogP contribution in [0, 0.1) is 5.92 Å². The van der Waals surface area contributed by atoms with E-state index in [0.717, 1.165) is 0 Å². The summed E-state index contributed by atoms with van der Waals surface area (Å²) in [5.74, 6) is -0.698. The summed E-state index contributed by atoms with van der Waals surface area (Å²) in [6.07, 6.45) is -10.5. The van der Waals surface area contributed by atoms with Crippen LogP contribution in [0.2, 0.25) is 0 Å². The van der Waals surface area contributed by atoms with Crippen molar-refractivity contribution in [2.75, 3.05) is 13.2 Å². The number of aliphatic hydroxyl groups excluding tert-OH is 7. The zero-order valence-corrected chi connectivity index (χ0v) is 12.8. The molecule has 0 radical (unpaired) electrons. The van der Waals surface area contributed by atoms with E-state index < -0.39 is 74.1 Å². The van der Waals surface area contributed by atoms with Crippen LogP contribution in [0.1, 0.15) is 13.3 Å². The van der Waals surface area contributed by atoms with Crippen LogP contribution in [0.15, 0.2) is 0 Å². The summed E-state index contributed by atoms with van der Waals surface area (Å²) in [5.41, 5.74) is 0. The van der Waals surface area contributed by atoms with Crippen molar-refractivity contribution in [1.29, 1.82) is 0 Å². The van der Waals surface area contributed by atoms with Gasteiger partial charge < -0.3 is 45.2 Å². The number of ether oxygens (including phenoxy) is 2. The molecule has 1 aliphatic carbocycles. The molecule has 0 aromatic rings. The normalized spacial score (nSPS) is 51.7. The third-order valence-electron chi connectivity index (χ3n) is 4.77. The van der Waals surface area contributed by atoms with E-state index >= 15 is 0 Å². The van der Waals surface area contributed by atoms with Gasteiger partial charge in [-0.3, -0.25) is 0 Å². The standard InChI is InChI=1S/C14H26O9/c1-5-9(17)13(21)14(8(4-16)22-5)23-7-2-6(3-15)10(18)12(20)11(7)19/h5-21H,2-4H2,1H3/t5-,6+,7+,8+,9-,10-,11-,12-,13+,14+/m0/s1. The van der Waals surface area contributed by atoms with E-state index in [1.807, 2.05) is 0 Å². The highest BCUT2D eigenvalue weighted by Crippen LogP contribution is 2.31. The van der Waals surface area contributed by atoms with Crippen LogP contribution in [0.25, 0.3) is 0 Å². The minimum Gasteiger partial charge on any atom is -0.396 e. The fraction of sp³-hybridized carbons (Fsp3) is 1.00. The van der Waals surface area contributed by atoms with E-state index in [0.29, 0.717) is 0 Å². The molecule has 2 rings (SSSR count). The molecule has 0 aromatic carbocycles. The lowest BCUT2D eigenvalue weighted by Gasteiger charge is -2.45. The van der Waals surface area contributed by atoms with Crippen molar-refractivity contribution in [3.8, 4) is 0 Å². The van der Waals surface area contributed by atoms with Gasteiger partial charge in [0.2, 0.25) is 0 Å². The summed E-state index contributed by atoms with van der Waals surface area (Å²) in [6.45, 7) is 0.679. The third-order valence-corrected chi connectivity index (χ3v) is 4.77. The van der Waals surface area contributed by atoms with Gasteiger partial charge in [-0.2, -0.15) is 0 Å². The molecule has 0 bridgehead atoms. The highest BCUT2D eigenvalue weighted by Gasteiger charge is 2.48. The predicted octanol–water partition coefficient (Wildman–Crippen LogP) is -3.66. The van der Waals surface area contributed by atoms with Crippen molar-refractivity contribution in [1.82, 2.24) is 0 Å². The Hall–Kier alpha value is -0.360. The molecule has 1 saturated heterocycles. The average Bonchev–Trinajstić information content (AvgIpc) is 2.55. The first-order valence-electron chi connectivity index (χ1n) is 7.74. The quantitative estimate of drug-likeness (QED) is 0.274. The Morgan fingerprint density at radius 2 is 1.52 bits per heavy atom. The predicted molar refractivity (Wildman–Crippen MR) is 75.3 cm³/mol. The molecular formula is C14H26O9. The molecule has 0 spiro atoms. The monoisotopic (exact) mass is 338 g/mol. The van der Waals surface area contributed by atoms with Gasteiger partial charge in [-0.05, 0) is 13.3 Å². The van der Waals surface area contributed by atoms with Gasteiger partial charge in [0.1, 0.15) is 36.6 Å². The molecule has 2 aliphatic rings. The Labute approximate surface area is 133 Å². The summed E-state index contributed by atoms with van der Waals surface area (Å²) >= 11 is 0. The summed E-state index contributed by atoms with van der Waals surface area (Å²) in [7, 11) is 0. The summed E-state index contributed by atoms with van der Waals surface area (Å²) in [6, 6.07) is 0. The molecule has 23 heavy (non-hydrogen) atoms. The molecule has 10 atom stereocenters. The highest BCUT2D eigenvalue weighted by atomic mass is 16.6. The Morgan fingerprint density at radius 1 is 0.870 bits per heavy atom. The van der Waals surface area contributed by atoms with Crippen LogP contribution in [-0.2, 0) is 9.47 Å². The second-order valence-corrected chi connectivity index (χ2v) is 6.33. The first kappa shape index (κ1) is 19.0. The second-order valence-electron chi connectivity index (χ2n) is 6.33. The smallest absolute Gasteiger partial charge is 0.115 e. The molecule has 0 aromatic heterocycles. The Morgan fingerprint density at radius 3 is 2.09 bits per heavy atom. The SMILES string of the molecule is C[C@@H]1O[C@H](CO)[C@@H](O[C@@H]2C[C@H](CO)[C@H](O)[C@H](O)[C@H]2O)[C@H](O)[C@H]1O. The van der Waals surface area contributed by atoms with Crippen molar-refractivity contribution in [2.45, 2.75) is 68.3 Å². The zero-order valence-electron chi connectivity index (χ0n) is 12.8. The van der Waals surface area contributed by atoms with Crippen LogP contribution in [0.4, 0.5) is 0 Å². The van der Waals surface area contributed by atoms with E-state index in [1.165, 1.54) is 0 Å². The topological polar surface area (TPSA) is 160 Å². The maximum absolute atomic E-state index is 10.2. The van der Waals surface area contributed by atoms with Crippen molar-refractivity contribution in [2.24, 2.45) is 5.92 Å². The minimum atomic E-state index is -1.51. The van der Waals surface area contributed by atoms with Crippen LogP contribution >= 0.6 is 0 Å². The van der Waals surface area contributed by atoms with Crippen molar-refractivity contribution in [3.63, 3.8) is 0 Å². The summed E-state index contributed by atoms with van der Waals surface area (Å²) < 4.78 is 11.0. The van der Waals surface area contributed by atoms with Gasteiger partial charge in [0, 0.05) is 12.5 Å². The minimum absolute atomic E-state index is 0.0446. The van der Waals surface area contributed by atoms with Gasteiger partial charge in [0.15, 0.2) is 0 Å². The maximum Gasteiger partial charge on any atom is 0.115 e. The Balaban J connectivity index is 2.11. The first-order valence-corrected chi connectivity index (χ1v) is 7.74. The molecule has 9 nitrogen and oxygen atoms in total. The molecule has 1 aliphatic heterocycles. The summed E-state index contributed by atoms with van der Waals surface area (Å²) in [5, 5.41) is 68.4. The molecule has 2 fully saturated rings.